The van der Waals surface area contributed by atoms with Crippen LogP contribution in [0.15, 0.2) is 30.5 Å². The molecule has 0 aromatic carbocycles. The third-order valence-corrected chi connectivity index (χ3v) is 5.02. The van der Waals surface area contributed by atoms with Crippen LogP contribution in [0.25, 0.3) is 11.0 Å². The van der Waals surface area contributed by atoms with Crippen molar-refractivity contribution in [2.24, 2.45) is 0 Å². The van der Waals surface area contributed by atoms with E-state index < -0.39 is 0 Å². The molecule has 0 aliphatic carbocycles. The molecular weight excluding hydrogens is 382 g/mol. The standard InChI is InChI=1S/C19H23N5O3.ClH/c25-18(16-5-4-15-3-1-6-20-17(15)21-16)22-7-2-8-23(10-9-22)19(26)24-11-13-27-14-12-24;/h1,3-6H,2,7-14H2;1H. The van der Waals surface area contributed by atoms with E-state index in [1.54, 1.807) is 17.2 Å². The van der Waals surface area contributed by atoms with Crippen molar-refractivity contribution in [3.05, 3.63) is 36.2 Å². The molecule has 3 amide bonds. The predicted molar refractivity (Wildman–Crippen MR) is 107 cm³/mol. The predicted octanol–water partition coefficient (Wildman–Crippen LogP) is 1.65. The maximum absolute atomic E-state index is 12.9. The van der Waals surface area contributed by atoms with Gasteiger partial charge >= 0.3 is 6.03 Å². The normalized spacial score (nSPS) is 17.8. The quantitative estimate of drug-likeness (QED) is 0.720. The lowest BCUT2D eigenvalue weighted by atomic mass is 10.2. The van der Waals surface area contributed by atoms with E-state index in [9.17, 15) is 9.59 Å². The molecule has 2 aromatic heterocycles. The lowest BCUT2D eigenvalue weighted by Gasteiger charge is -2.32. The molecule has 0 spiro atoms. The number of aromatic nitrogens is 2. The second-order valence-corrected chi connectivity index (χ2v) is 6.76. The van der Waals surface area contributed by atoms with Gasteiger partial charge in [-0.05, 0) is 30.7 Å². The van der Waals surface area contributed by atoms with E-state index in [1.807, 2.05) is 28.0 Å². The fourth-order valence-corrected chi connectivity index (χ4v) is 3.50. The second kappa shape index (κ2) is 9.16. The van der Waals surface area contributed by atoms with E-state index >= 15 is 0 Å². The molecule has 28 heavy (non-hydrogen) atoms. The number of halogens is 1. The molecule has 2 fully saturated rings. The molecule has 0 unspecified atom stereocenters. The smallest absolute Gasteiger partial charge is 0.320 e. The zero-order valence-electron chi connectivity index (χ0n) is 15.6. The van der Waals surface area contributed by atoms with Crippen LogP contribution in [0.1, 0.15) is 16.9 Å². The van der Waals surface area contributed by atoms with E-state index in [0.29, 0.717) is 63.8 Å². The van der Waals surface area contributed by atoms with Crippen LogP contribution in [0, 0.1) is 0 Å². The fourth-order valence-electron chi connectivity index (χ4n) is 3.50. The van der Waals surface area contributed by atoms with Gasteiger partial charge in [-0.1, -0.05) is 0 Å². The van der Waals surface area contributed by atoms with Gasteiger partial charge in [0.2, 0.25) is 0 Å². The van der Waals surface area contributed by atoms with Gasteiger partial charge in [0.25, 0.3) is 5.91 Å². The van der Waals surface area contributed by atoms with Crippen molar-refractivity contribution in [1.82, 2.24) is 24.7 Å². The van der Waals surface area contributed by atoms with Crippen molar-refractivity contribution in [3.63, 3.8) is 0 Å². The number of pyridine rings is 2. The number of hydrogen-bond acceptors (Lipinski definition) is 5. The number of rotatable bonds is 1. The molecular formula is C19H24ClN5O3. The van der Waals surface area contributed by atoms with Crippen LogP contribution in [0.5, 0.6) is 0 Å². The summed E-state index contributed by atoms with van der Waals surface area (Å²) >= 11 is 0. The highest BCUT2D eigenvalue weighted by Crippen LogP contribution is 2.14. The summed E-state index contributed by atoms with van der Waals surface area (Å²) in [5, 5.41) is 0.909. The van der Waals surface area contributed by atoms with Crippen molar-refractivity contribution in [2.75, 3.05) is 52.5 Å². The van der Waals surface area contributed by atoms with E-state index in [1.165, 1.54) is 0 Å². The first-order valence-corrected chi connectivity index (χ1v) is 9.35. The van der Waals surface area contributed by atoms with Gasteiger partial charge in [-0.2, -0.15) is 0 Å². The largest absolute Gasteiger partial charge is 0.378 e. The molecule has 0 atom stereocenters. The molecule has 150 valence electrons. The highest BCUT2D eigenvalue weighted by molar-refractivity contribution is 5.94. The Morgan fingerprint density at radius 2 is 1.61 bits per heavy atom. The minimum absolute atomic E-state index is 0. The number of amides is 3. The molecule has 4 heterocycles. The Morgan fingerprint density at radius 1 is 0.893 bits per heavy atom. The first-order chi connectivity index (χ1) is 13.2. The summed E-state index contributed by atoms with van der Waals surface area (Å²) in [7, 11) is 0. The molecule has 2 aromatic rings. The molecule has 2 aliphatic heterocycles. The van der Waals surface area contributed by atoms with Gasteiger partial charge < -0.3 is 19.4 Å². The van der Waals surface area contributed by atoms with Crippen LogP contribution in [0.4, 0.5) is 4.79 Å². The van der Waals surface area contributed by atoms with Crippen LogP contribution >= 0.6 is 12.4 Å². The number of hydrogen-bond donors (Lipinski definition) is 0. The molecule has 8 nitrogen and oxygen atoms in total. The van der Waals surface area contributed by atoms with Gasteiger partial charge in [0.1, 0.15) is 5.69 Å². The Morgan fingerprint density at radius 3 is 2.43 bits per heavy atom. The zero-order valence-corrected chi connectivity index (χ0v) is 16.4. The Kier molecular flexibility index (Phi) is 6.64. The van der Waals surface area contributed by atoms with Crippen LogP contribution in [-0.4, -0.2) is 89.1 Å². The lowest BCUT2D eigenvalue weighted by Crippen LogP contribution is -2.49. The average Bonchev–Trinajstić information content (AvgIpc) is 2.99. The first-order valence-electron chi connectivity index (χ1n) is 9.35. The summed E-state index contributed by atoms with van der Waals surface area (Å²) in [6, 6.07) is 7.42. The van der Waals surface area contributed by atoms with Crippen molar-refractivity contribution in [2.45, 2.75) is 6.42 Å². The SMILES string of the molecule is Cl.O=C(c1ccc2cccnc2n1)N1CCCN(C(=O)N2CCOCC2)CC1. The van der Waals surface area contributed by atoms with E-state index in [2.05, 4.69) is 9.97 Å². The van der Waals surface area contributed by atoms with Gasteiger partial charge in [-0.3, -0.25) is 4.79 Å². The molecule has 0 saturated carbocycles. The highest BCUT2D eigenvalue weighted by Gasteiger charge is 2.27. The summed E-state index contributed by atoms with van der Waals surface area (Å²) in [6.07, 6.45) is 2.43. The zero-order chi connectivity index (χ0) is 18.6. The number of morpholine rings is 1. The summed E-state index contributed by atoms with van der Waals surface area (Å²) in [5.41, 5.74) is 0.969. The van der Waals surface area contributed by atoms with E-state index in [4.69, 9.17) is 4.74 Å². The Balaban J connectivity index is 0.00000225. The highest BCUT2D eigenvalue weighted by atomic mass is 35.5. The third kappa shape index (κ3) is 4.34. The summed E-state index contributed by atoms with van der Waals surface area (Å²) < 4.78 is 5.31. The van der Waals surface area contributed by atoms with Gasteiger partial charge in [0.05, 0.1) is 13.2 Å². The Labute approximate surface area is 169 Å². The number of fused-ring (bicyclic) bond motifs is 1. The topological polar surface area (TPSA) is 78.9 Å². The molecule has 9 heteroatoms. The summed E-state index contributed by atoms with van der Waals surface area (Å²) in [5.74, 6) is -0.108. The van der Waals surface area contributed by atoms with Gasteiger partial charge in [0, 0.05) is 50.9 Å². The lowest BCUT2D eigenvalue weighted by molar-refractivity contribution is 0.0435. The number of nitrogens with zero attached hydrogens (tertiary/aromatic N) is 5. The molecule has 2 saturated heterocycles. The average molecular weight is 406 g/mol. The number of urea groups is 1. The van der Waals surface area contributed by atoms with Gasteiger partial charge in [0.15, 0.2) is 5.65 Å². The summed E-state index contributed by atoms with van der Waals surface area (Å²) in [4.78, 5) is 39.6. The molecule has 2 aliphatic rings. The van der Waals surface area contributed by atoms with Gasteiger partial charge in [-0.25, -0.2) is 14.8 Å². The molecule has 0 radical (unpaired) electrons. The molecule has 0 N–H and O–H groups in total. The van der Waals surface area contributed by atoms with Crippen molar-refractivity contribution >= 4 is 35.4 Å². The van der Waals surface area contributed by atoms with Crippen molar-refractivity contribution in [3.8, 4) is 0 Å². The maximum Gasteiger partial charge on any atom is 0.320 e. The van der Waals surface area contributed by atoms with Crippen LogP contribution in [-0.2, 0) is 4.74 Å². The molecule has 4 rings (SSSR count). The molecule has 0 bridgehead atoms. The minimum atomic E-state index is -0.108. The van der Waals surface area contributed by atoms with E-state index in [0.717, 1.165) is 11.8 Å². The first kappa shape index (κ1) is 20.3. The number of carbonyl (C=O) groups excluding carboxylic acids is 2. The number of carbonyl (C=O) groups is 2. The monoisotopic (exact) mass is 405 g/mol. The third-order valence-electron chi connectivity index (χ3n) is 5.02. The van der Waals surface area contributed by atoms with Gasteiger partial charge in [-0.15, -0.1) is 12.4 Å². The number of ether oxygens (including phenoxy) is 1. The Bertz CT molecular complexity index is 843. The van der Waals surface area contributed by atoms with E-state index in [-0.39, 0.29) is 24.3 Å². The van der Waals surface area contributed by atoms with Crippen LogP contribution in [0.3, 0.4) is 0 Å². The van der Waals surface area contributed by atoms with Crippen LogP contribution in [0.2, 0.25) is 0 Å². The van der Waals surface area contributed by atoms with Crippen LogP contribution < -0.4 is 0 Å². The summed E-state index contributed by atoms with van der Waals surface area (Å²) in [6.45, 7) is 4.76. The maximum atomic E-state index is 12.9. The van der Waals surface area contributed by atoms with Crippen molar-refractivity contribution in [1.29, 1.82) is 0 Å². The van der Waals surface area contributed by atoms with Crippen molar-refractivity contribution < 1.29 is 14.3 Å². The minimum Gasteiger partial charge on any atom is -0.378 e. The Hall–Kier alpha value is -2.45. The fraction of sp³-hybridized carbons (Fsp3) is 0.474. The second-order valence-electron chi connectivity index (χ2n) is 6.76.